The number of nitrogens with one attached hydrogen (secondary N) is 1. The Morgan fingerprint density at radius 1 is 1.19 bits per heavy atom. The molecule has 0 saturated carbocycles. The van der Waals surface area contributed by atoms with Gasteiger partial charge < -0.3 is 19.0 Å². The Morgan fingerprint density at radius 2 is 2.00 bits per heavy atom. The summed E-state index contributed by atoms with van der Waals surface area (Å²) in [6.07, 6.45) is 2.00. The Labute approximate surface area is 158 Å². The quantitative estimate of drug-likeness (QED) is 0.753. The molecule has 1 aliphatic rings. The number of aromatic nitrogens is 1. The zero-order chi connectivity index (χ0) is 18.8. The van der Waals surface area contributed by atoms with Crippen LogP contribution in [0.3, 0.4) is 0 Å². The monoisotopic (exact) mass is 367 g/mol. The Balaban J connectivity index is 1.50. The molecule has 1 fully saturated rings. The maximum absolute atomic E-state index is 12.8. The van der Waals surface area contributed by atoms with Gasteiger partial charge >= 0.3 is 0 Å². The second-order valence-corrected chi connectivity index (χ2v) is 7.02. The molecule has 4 rings (SSSR count). The zero-order valence-electron chi connectivity index (χ0n) is 15.8. The lowest BCUT2D eigenvalue weighted by Gasteiger charge is -2.33. The van der Waals surface area contributed by atoms with Gasteiger partial charge in [-0.25, -0.2) is 0 Å². The van der Waals surface area contributed by atoms with Crippen LogP contribution in [0.25, 0.3) is 10.9 Å². The third-order valence-electron chi connectivity index (χ3n) is 5.18. The van der Waals surface area contributed by atoms with Crippen LogP contribution in [-0.2, 0) is 11.8 Å². The minimum absolute atomic E-state index is 0.00492. The number of morpholine rings is 1. The van der Waals surface area contributed by atoms with Crippen molar-refractivity contribution in [2.75, 3.05) is 32.8 Å². The molecule has 3 heterocycles. The number of rotatable bonds is 5. The van der Waals surface area contributed by atoms with Crippen LogP contribution in [0.5, 0.6) is 0 Å². The minimum atomic E-state index is -0.0698. The summed E-state index contributed by atoms with van der Waals surface area (Å²) in [4.78, 5) is 15.1. The van der Waals surface area contributed by atoms with Crippen LogP contribution in [0.15, 0.2) is 47.0 Å². The standard InChI is InChI=1S/C21H25N3O3/c1-15-3-6-20(27-15)19(24-9-11-26-12-10-24)14-22-21(25)17-5-4-16-7-8-23(2)18(16)13-17/h3-8,13,19H,9-12,14H2,1-2H3,(H,22,25)/t19-/m0/s1. The molecule has 3 aromatic rings. The van der Waals surface area contributed by atoms with Crippen LogP contribution in [0.4, 0.5) is 0 Å². The number of aryl methyl sites for hydroxylation is 2. The van der Waals surface area contributed by atoms with Gasteiger partial charge in [0.15, 0.2) is 0 Å². The van der Waals surface area contributed by atoms with Crippen molar-refractivity contribution in [2.24, 2.45) is 7.05 Å². The summed E-state index contributed by atoms with van der Waals surface area (Å²) in [5, 5.41) is 4.22. The normalized spacial score (nSPS) is 16.5. The van der Waals surface area contributed by atoms with Gasteiger partial charge in [0.2, 0.25) is 0 Å². The van der Waals surface area contributed by atoms with Crippen LogP contribution in [0.1, 0.15) is 27.9 Å². The van der Waals surface area contributed by atoms with Gasteiger partial charge in [0.25, 0.3) is 5.91 Å². The summed E-state index contributed by atoms with van der Waals surface area (Å²) in [6, 6.07) is 11.8. The Kier molecular flexibility index (Phi) is 5.01. The van der Waals surface area contributed by atoms with E-state index >= 15 is 0 Å². The van der Waals surface area contributed by atoms with Crippen LogP contribution in [0.2, 0.25) is 0 Å². The van der Waals surface area contributed by atoms with Crippen LogP contribution in [0, 0.1) is 6.92 Å². The summed E-state index contributed by atoms with van der Waals surface area (Å²) in [5.74, 6) is 1.69. The van der Waals surface area contributed by atoms with Gasteiger partial charge in [0, 0.05) is 44.0 Å². The van der Waals surface area contributed by atoms with E-state index in [1.54, 1.807) is 0 Å². The maximum atomic E-state index is 12.8. The third-order valence-corrected chi connectivity index (χ3v) is 5.18. The number of carbonyl (C=O) groups is 1. The highest BCUT2D eigenvalue weighted by Crippen LogP contribution is 2.24. The summed E-state index contributed by atoms with van der Waals surface area (Å²) in [5.41, 5.74) is 1.72. The number of amides is 1. The number of hydrogen-bond acceptors (Lipinski definition) is 4. The number of carbonyl (C=O) groups excluding carboxylic acids is 1. The largest absolute Gasteiger partial charge is 0.465 e. The van der Waals surface area contributed by atoms with Gasteiger partial charge in [-0.15, -0.1) is 0 Å². The first-order valence-electron chi connectivity index (χ1n) is 9.33. The first-order chi connectivity index (χ1) is 13.1. The molecule has 0 bridgehead atoms. The van der Waals surface area contributed by atoms with Gasteiger partial charge in [-0.05, 0) is 42.6 Å². The maximum Gasteiger partial charge on any atom is 0.251 e. The van der Waals surface area contributed by atoms with Crippen molar-refractivity contribution in [3.8, 4) is 0 Å². The van der Waals surface area contributed by atoms with E-state index in [9.17, 15) is 4.79 Å². The van der Waals surface area contributed by atoms with E-state index < -0.39 is 0 Å². The average Bonchev–Trinajstić information content (AvgIpc) is 3.28. The Morgan fingerprint density at radius 3 is 2.74 bits per heavy atom. The van der Waals surface area contributed by atoms with Crippen molar-refractivity contribution in [3.05, 3.63) is 59.7 Å². The van der Waals surface area contributed by atoms with Gasteiger partial charge in [-0.2, -0.15) is 0 Å². The summed E-state index contributed by atoms with van der Waals surface area (Å²) < 4.78 is 13.4. The molecular weight excluding hydrogens is 342 g/mol. The van der Waals surface area contributed by atoms with Crippen molar-refractivity contribution in [2.45, 2.75) is 13.0 Å². The molecule has 2 aromatic heterocycles. The summed E-state index contributed by atoms with van der Waals surface area (Å²) in [7, 11) is 1.98. The van der Waals surface area contributed by atoms with E-state index in [0.717, 1.165) is 35.5 Å². The number of hydrogen-bond donors (Lipinski definition) is 1. The molecule has 1 amide bonds. The van der Waals surface area contributed by atoms with Crippen molar-refractivity contribution in [1.82, 2.24) is 14.8 Å². The molecular formula is C21H25N3O3. The molecule has 0 spiro atoms. The topological polar surface area (TPSA) is 59.6 Å². The fourth-order valence-electron chi connectivity index (χ4n) is 3.63. The molecule has 1 N–H and O–H groups in total. The van der Waals surface area contributed by atoms with E-state index in [0.29, 0.717) is 25.3 Å². The molecule has 0 unspecified atom stereocenters. The molecule has 0 aliphatic carbocycles. The van der Waals surface area contributed by atoms with E-state index in [1.807, 2.05) is 61.1 Å². The molecule has 1 aliphatic heterocycles. The Hall–Kier alpha value is -2.57. The second kappa shape index (κ2) is 7.58. The van der Waals surface area contributed by atoms with Crippen LogP contribution < -0.4 is 5.32 Å². The first-order valence-corrected chi connectivity index (χ1v) is 9.33. The lowest BCUT2D eigenvalue weighted by Crippen LogP contribution is -2.43. The third kappa shape index (κ3) is 3.77. The van der Waals surface area contributed by atoms with Crippen LogP contribution in [-0.4, -0.2) is 48.2 Å². The molecule has 1 saturated heterocycles. The van der Waals surface area contributed by atoms with Crippen molar-refractivity contribution >= 4 is 16.8 Å². The van der Waals surface area contributed by atoms with Crippen molar-refractivity contribution < 1.29 is 13.9 Å². The fraction of sp³-hybridized carbons (Fsp3) is 0.381. The molecule has 6 heteroatoms. The zero-order valence-corrected chi connectivity index (χ0v) is 15.8. The molecule has 1 aromatic carbocycles. The van der Waals surface area contributed by atoms with Gasteiger partial charge in [-0.1, -0.05) is 6.07 Å². The number of ether oxygens (including phenoxy) is 1. The predicted molar refractivity (Wildman–Crippen MR) is 104 cm³/mol. The number of nitrogens with zero attached hydrogens (tertiary/aromatic N) is 2. The number of fused-ring (bicyclic) bond motifs is 1. The smallest absolute Gasteiger partial charge is 0.251 e. The minimum Gasteiger partial charge on any atom is -0.465 e. The van der Waals surface area contributed by atoms with Gasteiger partial charge in [0.1, 0.15) is 11.5 Å². The number of benzene rings is 1. The molecule has 142 valence electrons. The van der Waals surface area contributed by atoms with Gasteiger partial charge in [0.05, 0.1) is 19.3 Å². The van der Waals surface area contributed by atoms with Crippen molar-refractivity contribution in [3.63, 3.8) is 0 Å². The van der Waals surface area contributed by atoms with Gasteiger partial charge in [-0.3, -0.25) is 9.69 Å². The number of furan rings is 1. The van der Waals surface area contributed by atoms with Crippen LogP contribution >= 0.6 is 0 Å². The highest BCUT2D eigenvalue weighted by atomic mass is 16.5. The van der Waals surface area contributed by atoms with Crippen molar-refractivity contribution in [1.29, 1.82) is 0 Å². The van der Waals surface area contributed by atoms with E-state index in [2.05, 4.69) is 10.2 Å². The Bertz CT molecular complexity index is 937. The molecule has 27 heavy (non-hydrogen) atoms. The highest BCUT2D eigenvalue weighted by molar-refractivity contribution is 5.98. The average molecular weight is 367 g/mol. The lowest BCUT2D eigenvalue weighted by atomic mass is 10.1. The summed E-state index contributed by atoms with van der Waals surface area (Å²) in [6.45, 7) is 5.50. The van der Waals surface area contributed by atoms with E-state index in [1.165, 1.54) is 0 Å². The molecule has 6 nitrogen and oxygen atoms in total. The SMILES string of the molecule is Cc1ccc([C@H](CNC(=O)c2ccc3ccn(C)c3c2)N2CCOCC2)o1. The van der Waals surface area contributed by atoms with E-state index in [4.69, 9.17) is 9.15 Å². The second-order valence-electron chi connectivity index (χ2n) is 7.02. The van der Waals surface area contributed by atoms with E-state index in [-0.39, 0.29) is 11.9 Å². The lowest BCUT2D eigenvalue weighted by molar-refractivity contribution is 0.0117. The predicted octanol–water partition coefficient (Wildman–Crippen LogP) is 2.88. The first kappa shape index (κ1) is 17.8. The summed E-state index contributed by atoms with van der Waals surface area (Å²) >= 11 is 0. The molecule has 0 radical (unpaired) electrons. The fourth-order valence-corrected chi connectivity index (χ4v) is 3.63. The highest BCUT2D eigenvalue weighted by Gasteiger charge is 2.25. The molecule has 1 atom stereocenters.